The highest BCUT2D eigenvalue weighted by Gasteiger charge is 2.27. The Labute approximate surface area is 235 Å². The van der Waals surface area contributed by atoms with E-state index in [4.69, 9.17) is 4.74 Å². The number of ether oxygens (including phenoxy) is 1. The lowest BCUT2D eigenvalue weighted by Crippen LogP contribution is -2.39. The van der Waals surface area contributed by atoms with Crippen molar-refractivity contribution in [1.29, 1.82) is 0 Å². The van der Waals surface area contributed by atoms with Crippen LogP contribution >= 0.6 is 11.8 Å². The fourth-order valence-corrected chi connectivity index (χ4v) is 6.40. The summed E-state index contributed by atoms with van der Waals surface area (Å²) in [5.74, 6) is 2.12. The third-order valence-corrected chi connectivity index (χ3v) is 9.66. The third-order valence-electron chi connectivity index (χ3n) is 8.60. The van der Waals surface area contributed by atoms with Crippen LogP contribution in [0.4, 0.5) is 11.4 Å². The van der Waals surface area contributed by atoms with Crippen molar-refractivity contribution in [2.45, 2.75) is 83.4 Å². The van der Waals surface area contributed by atoms with Gasteiger partial charge in [0.05, 0.1) is 24.0 Å². The molecule has 1 N–H and O–H groups in total. The molecule has 4 nitrogen and oxygen atoms in total. The molecule has 208 valence electrons. The van der Waals surface area contributed by atoms with Crippen molar-refractivity contribution in [2.75, 3.05) is 35.9 Å². The van der Waals surface area contributed by atoms with Crippen molar-refractivity contribution >= 4 is 23.1 Å². The van der Waals surface area contributed by atoms with Crippen LogP contribution in [-0.2, 0) is 12.8 Å². The van der Waals surface area contributed by atoms with E-state index in [2.05, 4.69) is 80.5 Å². The van der Waals surface area contributed by atoms with Gasteiger partial charge in [-0.2, -0.15) is 11.8 Å². The molecule has 0 saturated heterocycles. The zero-order valence-corrected chi connectivity index (χ0v) is 24.8. The normalized spacial score (nSPS) is 23.9. The average Bonchev–Trinajstić information content (AvgIpc) is 3.12. The Hall–Kier alpha value is -2.11. The lowest BCUT2D eigenvalue weighted by atomic mass is 9.96. The van der Waals surface area contributed by atoms with Crippen molar-refractivity contribution in [3.05, 3.63) is 65.7 Å². The highest BCUT2D eigenvalue weighted by atomic mass is 32.2. The largest absolute Gasteiger partial charge is 0.491 e. The maximum atomic E-state index is 11.4. The molecule has 2 aliphatic heterocycles. The van der Waals surface area contributed by atoms with Crippen LogP contribution in [0, 0.1) is 11.8 Å². The van der Waals surface area contributed by atoms with Gasteiger partial charge in [0.15, 0.2) is 0 Å². The lowest BCUT2D eigenvalue weighted by molar-refractivity contribution is 0.215. The number of hydrogen-bond donors (Lipinski definition) is 1. The quantitative estimate of drug-likeness (QED) is 0.344. The Balaban J connectivity index is 1.54. The minimum absolute atomic E-state index is 0.0271. The Morgan fingerprint density at radius 2 is 1.87 bits per heavy atom. The molecule has 0 aromatic heterocycles. The van der Waals surface area contributed by atoms with E-state index in [0.717, 1.165) is 68.9 Å². The first kappa shape index (κ1) is 28.9. The van der Waals surface area contributed by atoms with E-state index < -0.39 is 0 Å². The number of hydrogen-bond acceptors (Lipinski definition) is 5. The number of aryl methyl sites for hydroxylation is 2. The molecule has 5 heteroatoms. The van der Waals surface area contributed by atoms with E-state index in [1.54, 1.807) is 0 Å². The van der Waals surface area contributed by atoms with E-state index in [1.165, 1.54) is 35.5 Å². The van der Waals surface area contributed by atoms with Gasteiger partial charge in [-0.3, -0.25) is 10.3 Å². The van der Waals surface area contributed by atoms with Crippen molar-refractivity contribution in [2.24, 2.45) is 11.8 Å². The second-order valence-corrected chi connectivity index (χ2v) is 12.4. The molecule has 2 aliphatic rings. The first-order valence-corrected chi connectivity index (χ1v) is 16.1. The summed E-state index contributed by atoms with van der Waals surface area (Å²) in [6.07, 6.45) is 15.6. The van der Waals surface area contributed by atoms with Crippen molar-refractivity contribution in [3.8, 4) is 5.75 Å². The predicted octanol–water partition coefficient (Wildman–Crippen LogP) is 8.17. The van der Waals surface area contributed by atoms with Gasteiger partial charge in [0, 0.05) is 24.3 Å². The average molecular weight is 537 g/mol. The number of fused-ring (bicyclic) bond motifs is 1. The Bertz CT molecular complexity index is 1040. The van der Waals surface area contributed by atoms with E-state index in [0.29, 0.717) is 17.1 Å². The van der Waals surface area contributed by atoms with E-state index in [9.17, 15) is 5.21 Å². The number of nitrogens with zero attached hydrogens (tertiary/aromatic N) is 2. The summed E-state index contributed by atoms with van der Waals surface area (Å²) in [4.78, 5) is 2.55. The Morgan fingerprint density at radius 1 is 1.05 bits per heavy atom. The summed E-state index contributed by atoms with van der Waals surface area (Å²) in [5.41, 5.74) is 4.87. The molecule has 0 saturated carbocycles. The maximum Gasteiger partial charge on any atom is 0.142 e. The predicted molar refractivity (Wildman–Crippen MR) is 164 cm³/mol. The fraction of sp³-hybridized carbons (Fsp3) is 0.576. The van der Waals surface area contributed by atoms with Crippen LogP contribution in [0.5, 0.6) is 5.75 Å². The van der Waals surface area contributed by atoms with Gasteiger partial charge in [0.1, 0.15) is 5.75 Å². The lowest BCUT2D eigenvalue weighted by Gasteiger charge is -2.32. The molecule has 2 heterocycles. The standard InChI is InChI=1S/C33H48N2O2S/c1-5-26-11-7-8-16-31(25(3)38-4)35(36)30-17-18-33-32(22-30)34(20-19-26)23-29(24-37-33)15-10-14-28-13-9-12-27(6-2)21-28/h7-9,12-13,17-18,21-22,25-26,29,31,36H,5-6,10-11,14-16,19-20,23-24H2,1-4H3/b8-7+/t25-,26+,29?,31+/m1/s1. The molecular weight excluding hydrogens is 488 g/mol. The van der Waals surface area contributed by atoms with Gasteiger partial charge in [-0.05, 0) is 86.4 Å². The molecule has 4 atom stereocenters. The molecule has 0 radical (unpaired) electrons. The number of thioether (sulfide) groups is 1. The number of allylic oxidation sites excluding steroid dienone is 1. The SMILES string of the molecule is CCc1cccc(CCCC2COc3ccc4cc3N(CC[C@@H](CC)C/C=C/C[C@@H]([C@@H](C)SC)N4O)C2)c1. The molecule has 2 aromatic carbocycles. The van der Waals surface area contributed by atoms with Crippen LogP contribution in [0.2, 0.25) is 0 Å². The van der Waals surface area contributed by atoms with Crippen LogP contribution in [0.1, 0.15) is 70.4 Å². The molecule has 0 aliphatic carbocycles. The van der Waals surface area contributed by atoms with Gasteiger partial charge in [-0.15, -0.1) is 0 Å². The highest BCUT2D eigenvalue weighted by Crippen LogP contribution is 2.38. The fourth-order valence-electron chi connectivity index (χ4n) is 5.86. The molecule has 2 bridgehead atoms. The van der Waals surface area contributed by atoms with Gasteiger partial charge in [0.2, 0.25) is 0 Å². The summed E-state index contributed by atoms with van der Waals surface area (Å²) in [6, 6.07) is 15.3. The third kappa shape index (κ3) is 7.51. The number of rotatable bonds is 8. The minimum atomic E-state index is 0.0271. The van der Waals surface area contributed by atoms with Crippen molar-refractivity contribution < 1.29 is 9.94 Å². The summed E-state index contributed by atoms with van der Waals surface area (Å²) in [7, 11) is 0. The molecule has 0 spiro atoms. The smallest absolute Gasteiger partial charge is 0.142 e. The molecule has 38 heavy (non-hydrogen) atoms. The van der Waals surface area contributed by atoms with Crippen LogP contribution in [0.15, 0.2) is 54.6 Å². The van der Waals surface area contributed by atoms with E-state index >= 15 is 0 Å². The second kappa shape index (κ2) is 14.3. The van der Waals surface area contributed by atoms with Gasteiger partial charge in [-0.25, -0.2) is 0 Å². The Morgan fingerprint density at radius 3 is 2.66 bits per heavy atom. The molecule has 0 amide bonds. The molecule has 0 fully saturated rings. The van der Waals surface area contributed by atoms with Gasteiger partial charge in [-0.1, -0.05) is 63.6 Å². The van der Waals surface area contributed by atoms with Gasteiger partial charge >= 0.3 is 0 Å². The van der Waals surface area contributed by atoms with Crippen molar-refractivity contribution in [1.82, 2.24) is 0 Å². The van der Waals surface area contributed by atoms with Crippen LogP contribution < -0.4 is 14.7 Å². The summed E-state index contributed by atoms with van der Waals surface area (Å²) >= 11 is 1.81. The molecule has 4 rings (SSSR count). The first-order chi connectivity index (χ1) is 18.5. The van der Waals surface area contributed by atoms with Gasteiger partial charge in [0.25, 0.3) is 0 Å². The van der Waals surface area contributed by atoms with Crippen LogP contribution in [-0.4, -0.2) is 42.5 Å². The molecule has 2 aromatic rings. The monoisotopic (exact) mass is 536 g/mol. The second-order valence-electron chi connectivity index (χ2n) is 11.2. The number of benzene rings is 2. The van der Waals surface area contributed by atoms with Crippen molar-refractivity contribution in [3.63, 3.8) is 0 Å². The summed E-state index contributed by atoms with van der Waals surface area (Å²) < 4.78 is 6.43. The maximum absolute atomic E-state index is 11.4. The van der Waals surface area contributed by atoms with Crippen LogP contribution in [0.25, 0.3) is 0 Å². The van der Waals surface area contributed by atoms with Crippen LogP contribution in [0.3, 0.4) is 0 Å². The summed E-state index contributed by atoms with van der Waals surface area (Å²) in [6.45, 7) is 9.54. The number of hydroxylamine groups is 1. The molecule has 1 unspecified atom stereocenters. The zero-order valence-electron chi connectivity index (χ0n) is 23.9. The summed E-state index contributed by atoms with van der Waals surface area (Å²) in [5, 5.41) is 13.2. The topological polar surface area (TPSA) is 35.9 Å². The Kier molecular flexibility index (Phi) is 10.9. The first-order valence-electron chi connectivity index (χ1n) is 14.8. The minimum Gasteiger partial charge on any atom is -0.491 e. The van der Waals surface area contributed by atoms with E-state index in [-0.39, 0.29) is 6.04 Å². The highest BCUT2D eigenvalue weighted by molar-refractivity contribution is 7.99. The zero-order chi connectivity index (χ0) is 26.9. The molecular formula is C33H48N2O2S. The number of anilines is 2. The van der Waals surface area contributed by atoms with Gasteiger partial charge < -0.3 is 9.64 Å². The van der Waals surface area contributed by atoms with E-state index in [1.807, 2.05) is 17.8 Å².